The van der Waals surface area contributed by atoms with Crippen molar-refractivity contribution in [2.24, 2.45) is 11.7 Å². The van der Waals surface area contributed by atoms with Crippen molar-refractivity contribution < 1.29 is 50.5 Å². The van der Waals surface area contributed by atoms with E-state index in [-0.39, 0.29) is 29.2 Å². The third kappa shape index (κ3) is 4.00. The molecule has 1 atom stereocenters. The molecule has 0 spiro atoms. The first-order chi connectivity index (χ1) is 12.6. The lowest BCUT2D eigenvalue weighted by Crippen LogP contribution is -2.82. The molecule has 4 aliphatic carbocycles. The zero-order chi connectivity index (χ0) is 21.1. The molecule has 28 heavy (non-hydrogen) atoms. The van der Waals surface area contributed by atoms with Gasteiger partial charge in [0.15, 0.2) is 0 Å². The number of amides is 1. The first-order valence-electron chi connectivity index (χ1n) is 8.44. The molecule has 5 fully saturated rings. The minimum absolute atomic E-state index is 0.0366. The van der Waals surface area contributed by atoms with Gasteiger partial charge >= 0.3 is 24.6 Å². The van der Waals surface area contributed by atoms with Crippen LogP contribution in [0.15, 0.2) is 0 Å². The fourth-order valence-electron chi connectivity index (χ4n) is 4.41. The van der Waals surface area contributed by atoms with Crippen LogP contribution >= 0.6 is 0 Å². The number of carboxylic acid groups (broad SMARTS) is 1. The van der Waals surface area contributed by atoms with Crippen molar-refractivity contribution in [1.82, 2.24) is 4.90 Å². The van der Waals surface area contributed by atoms with Crippen LogP contribution in [0.4, 0.5) is 31.1 Å². The minimum Gasteiger partial charge on any atom is -0.475 e. The number of ether oxygens (including phenoxy) is 2. The van der Waals surface area contributed by atoms with Crippen molar-refractivity contribution in [3.63, 3.8) is 0 Å². The second-order valence-electron chi connectivity index (χ2n) is 7.87. The average molecular weight is 420 g/mol. The van der Waals surface area contributed by atoms with Gasteiger partial charge in [-0.05, 0) is 32.1 Å². The summed E-state index contributed by atoms with van der Waals surface area (Å²) < 4.78 is 77.3. The van der Waals surface area contributed by atoms with Gasteiger partial charge in [0.1, 0.15) is 6.10 Å². The van der Waals surface area contributed by atoms with E-state index in [0.717, 1.165) is 19.3 Å². The Bertz CT molecular complexity index is 641. The highest BCUT2D eigenvalue weighted by Crippen LogP contribution is 2.63. The van der Waals surface area contributed by atoms with E-state index in [1.54, 1.807) is 4.90 Å². The lowest BCUT2D eigenvalue weighted by atomic mass is 9.44. The minimum atomic E-state index is -5.08. The number of hydrogen-bond donors (Lipinski definition) is 2. The molecule has 160 valence electrons. The number of aliphatic carboxylic acids is 1. The smallest absolute Gasteiger partial charge is 0.475 e. The lowest BCUT2D eigenvalue weighted by molar-refractivity contribution is -0.355. The zero-order valence-electron chi connectivity index (χ0n) is 14.3. The number of nitrogens with two attached hydrogens (primary N) is 1. The molecule has 3 N–H and O–H groups in total. The largest absolute Gasteiger partial charge is 0.522 e. The van der Waals surface area contributed by atoms with E-state index in [1.165, 1.54) is 0 Å². The Hall–Kier alpha value is -1.76. The van der Waals surface area contributed by atoms with Crippen LogP contribution in [0.3, 0.4) is 0 Å². The van der Waals surface area contributed by atoms with E-state index in [9.17, 15) is 31.1 Å². The van der Waals surface area contributed by atoms with Gasteiger partial charge in [-0.25, -0.2) is 9.59 Å². The molecule has 5 aliphatic rings. The third-order valence-electron chi connectivity index (χ3n) is 5.65. The summed E-state index contributed by atoms with van der Waals surface area (Å²) in [6.07, 6.45) is -8.11. The van der Waals surface area contributed by atoms with Crippen LogP contribution < -0.4 is 5.73 Å². The molecule has 5 rings (SSSR count). The van der Waals surface area contributed by atoms with Crippen LogP contribution in [-0.2, 0) is 14.3 Å². The zero-order valence-corrected chi connectivity index (χ0v) is 14.3. The van der Waals surface area contributed by atoms with E-state index in [4.69, 9.17) is 20.4 Å². The average Bonchev–Trinajstić information content (AvgIpc) is 2.78. The molecule has 1 amide bonds. The van der Waals surface area contributed by atoms with E-state index in [0.29, 0.717) is 19.4 Å². The number of alkyl halides is 6. The molecule has 0 aromatic carbocycles. The standard InChI is InChI=1S/C13H17F3N2O3.C2HF3O2/c14-13(15,16)21-8-1-7(2-8)9-3-18(10(19)20-9)12-4-11(17,5-12)6-12;3-2(4,5)1(6)7/h7-9H,1-6,17H2;(H,6,7)/t7-,8+,9?,11?,12?;. The predicted molar refractivity (Wildman–Crippen MR) is 77.8 cm³/mol. The lowest BCUT2D eigenvalue weighted by Gasteiger charge is -2.71. The molecular weight excluding hydrogens is 402 g/mol. The van der Waals surface area contributed by atoms with Crippen molar-refractivity contribution >= 4 is 12.1 Å². The summed E-state index contributed by atoms with van der Waals surface area (Å²) in [4.78, 5) is 22.6. The van der Waals surface area contributed by atoms with Gasteiger partial charge in [-0.2, -0.15) is 13.2 Å². The molecular formula is C15H18F6N2O5. The van der Waals surface area contributed by atoms with Crippen molar-refractivity contribution in [3.05, 3.63) is 0 Å². The Labute approximate surface area is 154 Å². The number of carbonyl (C=O) groups excluding carboxylic acids is 1. The van der Waals surface area contributed by atoms with E-state index in [1.807, 2.05) is 0 Å². The van der Waals surface area contributed by atoms with Gasteiger partial charge in [0, 0.05) is 11.5 Å². The Balaban J connectivity index is 0.000000279. The number of nitrogens with zero attached hydrogens (tertiary/aromatic N) is 1. The molecule has 13 heteroatoms. The molecule has 1 heterocycles. The highest BCUT2D eigenvalue weighted by molar-refractivity contribution is 5.73. The molecule has 0 aromatic rings. The second-order valence-corrected chi connectivity index (χ2v) is 7.87. The number of cyclic esters (lactones) is 1. The van der Waals surface area contributed by atoms with Gasteiger partial charge in [0.05, 0.1) is 18.2 Å². The predicted octanol–water partition coefficient (Wildman–Crippen LogP) is 2.39. The third-order valence-corrected chi connectivity index (χ3v) is 5.65. The van der Waals surface area contributed by atoms with E-state index >= 15 is 0 Å². The summed E-state index contributed by atoms with van der Waals surface area (Å²) in [5.41, 5.74) is 5.76. The molecule has 2 bridgehead atoms. The fraction of sp³-hybridized carbons (Fsp3) is 0.867. The number of carboxylic acids is 1. The molecule has 0 aromatic heterocycles. The van der Waals surface area contributed by atoms with Crippen molar-refractivity contribution in [1.29, 1.82) is 0 Å². The Morgan fingerprint density at radius 2 is 1.68 bits per heavy atom. The van der Waals surface area contributed by atoms with E-state index < -0.39 is 24.6 Å². The highest BCUT2D eigenvalue weighted by Gasteiger charge is 2.71. The number of hydrogen-bond acceptors (Lipinski definition) is 5. The SMILES string of the molecule is NC12CC(N3CC([C@H]4C[C@@H](OC(F)(F)F)C4)OC3=O)(C1)C2.O=C(O)C(F)(F)F. The van der Waals surface area contributed by atoms with Crippen molar-refractivity contribution in [2.45, 2.75) is 67.9 Å². The van der Waals surface area contributed by atoms with Gasteiger partial charge in [0.2, 0.25) is 0 Å². The monoisotopic (exact) mass is 420 g/mol. The van der Waals surface area contributed by atoms with Crippen LogP contribution in [0.5, 0.6) is 0 Å². The molecule has 1 aliphatic heterocycles. The Morgan fingerprint density at radius 1 is 1.18 bits per heavy atom. The Kier molecular flexibility index (Phi) is 4.77. The van der Waals surface area contributed by atoms with E-state index in [2.05, 4.69) is 4.74 Å². The van der Waals surface area contributed by atoms with Crippen LogP contribution in [0.1, 0.15) is 32.1 Å². The quantitative estimate of drug-likeness (QED) is 0.680. The number of rotatable bonds is 3. The van der Waals surface area contributed by atoms with Gasteiger partial charge in [-0.15, -0.1) is 13.2 Å². The molecule has 7 nitrogen and oxygen atoms in total. The molecule has 4 saturated carbocycles. The number of halogens is 6. The van der Waals surface area contributed by atoms with Crippen LogP contribution in [-0.4, -0.2) is 64.4 Å². The summed E-state index contributed by atoms with van der Waals surface area (Å²) >= 11 is 0. The first kappa shape index (κ1) is 21.0. The maximum atomic E-state index is 12.1. The summed E-state index contributed by atoms with van der Waals surface area (Å²) in [5.74, 6) is -2.79. The summed E-state index contributed by atoms with van der Waals surface area (Å²) in [6.45, 7) is 0.471. The molecule has 0 radical (unpaired) electrons. The van der Waals surface area contributed by atoms with Crippen LogP contribution in [0, 0.1) is 5.92 Å². The maximum absolute atomic E-state index is 12.1. The summed E-state index contributed by atoms with van der Waals surface area (Å²) in [7, 11) is 0. The van der Waals surface area contributed by atoms with Crippen LogP contribution in [0.25, 0.3) is 0 Å². The summed E-state index contributed by atoms with van der Waals surface area (Å²) in [6, 6.07) is 0. The molecule has 1 unspecified atom stereocenters. The second kappa shape index (κ2) is 6.37. The fourth-order valence-corrected chi connectivity index (χ4v) is 4.41. The van der Waals surface area contributed by atoms with Crippen molar-refractivity contribution in [3.8, 4) is 0 Å². The van der Waals surface area contributed by atoms with Gasteiger partial charge in [-0.1, -0.05) is 0 Å². The summed E-state index contributed by atoms with van der Waals surface area (Å²) in [5, 5.41) is 7.12. The highest BCUT2D eigenvalue weighted by atomic mass is 19.4. The first-order valence-corrected chi connectivity index (χ1v) is 8.44. The normalized spacial score (nSPS) is 39.0. The van der Waals surface area contributed by atoms with Gasteiger partial charge in [0.25, 0.3) is 0 Å². The van der Waals surface area contributed by atoms with Gasteiger partial charge < -0.3 is 15.6 Å². The topological polar surface area (TPSA) is 102 Å². The van der Waals surface area contributed by atoms with Crippen molar-refractivity contribution in [2.75, 3.05) is 6.54 Å². The molecule has 1 saturated heterocycles. The number of carbonyl (C=O) groups is 2. The van der Waals surface area contributed by atoms with Gasteiger partial charge in [-0.3, -0.25) is 9.64 Å². The van der Waals surface area contributed by atoms with Crippen LogP contribution in [0.2, 0.25) is 0 Å². The maximum Gasteiger partial charge on any atom is 0.522 e. The Morgan fingerprint density at radius 3 is 2.07 bits per heavy atom.